The van der Waals surface area contributed by atoms with Crippen molar-refractivity contribution in [1.29, 1.82) is 0 Å². The number of rotatable bonds is 5. The van der Waals surface area contributed by atoms with Gasteiger partial charge in [0.1, 0.15) is 0 Å². The Morgan fingerprint density at radius 1 is 1.21 bits per heavy atom. The van der Waals surface area contributed by atoms with E-state index in [0.717, 1.165) is 20.2 Å². The van der Waals surface area contributed by atoms with Crippen molar-refractivity contribution in [2.75, 3.05) is 0 Å². The van der Waals surface area contributed by atoms with Crippen molar-refractivity contribution < 1.29 is 4.52 Å². The fraction of sp³-hybridized carbons (Fsp3) is 0.0625. The van der Waals surface area contributed by atoms with E-state index < -0.39 is 0 Å². The van der Waals surface area contributed by atoms with Crippen molar-refractivity contribution in [3.8, 4) is 16.4 Å². The van der Waals surface area contributed by atoms with Gasteiger partial charge in [0.2, 0.25) is 11.7 Å². The summed E-state index contributed by atoms with van der Waals surface area (Å²) in [4.78, 5) is 9.85. The molecular weight excluding hydrogens is 408 g/mol. The van der Waals surface area contributed by atoms with Gasteiger partial charge in [0, 0.05) is 22.6 Å². The van der Waals surface area contributed by atoms with Crippen molar-refractivity contribution in [2.24, 2.45) is 0 Å². The third-order valence-electron chi connectivity index (χ3n) is 3.25. The van der Waals surface area contributed by atoms with Crippen molar-refractivity contribution in [2.45, 2.75) is 10.9 Å². The minimum atomic E-state index is 0.575. The number of hydrogen-bond donors (Lipinski definition) is 0. The van der Waals surface area contributed by atoms with Crippen LogP contribution in [0.5, 0.6) is 0 Å². The van der Waals surface area contributed by atoms with Gasteiger partial charge in [-0.3, -0.25) is 4.57 Å². The van der Waals surface area contributed by atoms with E-state index in [4.69, 9.17) is 4.52 Å². The van der Waals surface area contributed by atoms with Gasteiger partial charge < -0.3 is 4.52 Å². The van der Waals surface area contributed by atoms with Crippen LogP contribution in [-0.4, -0.2) is 19.7 Å². The van der Waals surface area contributed by atoms with Gasteiger partial charge in [-0.1, -0.05) is 38.9 Å². The molecule has 0 saturated carbocycles. The summed E-state index contributed by atoms with van der Waals surface area (Å²) in [5.41, 5.74) is 1.06. The molecule has 8 heteroatoms. The van der Waals surface area contributed by atoms with Gasteiger partial charge in [0.25, 0.3) is 0 Å². The summed E-state index contributed by atoms with van der Waals surface area (Å²) in [6.07, 6.45) is 3.73. The van der Waals surface area contributed by atoms with Crippen LogP contribution in [0.4, 0.5) is 0 Å². The predicted molar refractivity (Wildman–Crippen MR) is 98.4 cm³/mol. The second-order valence-corrected chi connectivity index (χ2v) is 7.64. The molecule has 0 amide bonds. The number of hydrogen-bond acceptors (Lipinski definition) is 6. The molecule has 0 spiro atoms. The van der Waals surface area contributed by atoms with E-state index in [1.165, 1.54) is 0 Å². The fourth-order valence-electron chi connectivity index (χ4n) is 2.14. The highest BCUT2D eigenvalue weighted by atomic mass is 79.9. The standard InChI is InChI=1S/C16H11BrN4OS2/c17-11-3-5-12(6-4-11)21-8-7-18-16(21)24-10-14-19-15(20-22-14)13-2-1-9-23-13/h1-9H,10H2. The minimum absolute atomic E-state index is 0.575. The summed E-state index contributed by atoms with van der Waals surface area (Å²) in [5, 5.41) is 6.91. The molecule has 0 unspecified atom stereocenters. The molecule has 0 aliphatic rings. The summed E-state index contributed by atoms with van der Waals surface area (Å²) >= 11 is 6.61. The Balaban J connectivity index is 1.49. The third kappa shape index (κ3) is 3.31. The molecule has 4 aromatic rings. The maximum absolute atomic E-state index is 5.33. The van der Waals surface area contributed by atoms with Gasteiger partial charge in [0.15, 0.2) is 5.16 Å². The summed E-state index contributed by atoms with van der Waals surface area (Å²) in [7, 11) is 0. The molecule has 0 aliphatic heterocycles. The van der Waals surface area contributed by atoms with Crippen LogP contribution in [0.1, 0.15) is 5.89 Å². The van der Waals surface area contributed by atoms with Crippen LogP contribution in [0.15, 0.2) is 68.3 Å². The normalized spacial score (nSPS) is 11.0. The molecule has 120 valence electrons. The molecule has 0 radical (unpaired) electrons. The molecule has 0 atom stereocenters. The molecule has 4 rings (SSSR count). The first-order valence-corrected chi connectivity index (χ1v) is 9.74. The van der Waals surface area contributed by atoms with Crippen LogP contribution >= 0.6 is 39.0 Å². The SMILES string of the molecule is Brc1ccc(-n2ccnc2SCc2nc(-c3cccs3)no2)cc1. The Bertz CT molecular complexity index is 931. The highest BCUT2D eigenvalue weighted by Crippen LogP contribution is 2.26. The molecule has 5 nitrogen and oxygen atoms in total. The average Bonchev–Trinajstić information content (AvgIpc) is 3.34. The van der Waals surface area contributed by atoms with Crippen molar-refractivity contribution in [3.63, 3.8) is 0 Å². The van der Waals surface area contributed by atoms with Gasteiger partial charge in [-0.2, -0.15) is 4.98 Å². The van der Waals surface area contributed by atoms with E-state index in [-0.39, 0.29) is 0 Å². The second kappa shape index (κ2) is 6.92. The zero-order valence-corrected chi connectivity index (χ0v) is 15.5. The number of thioether (sulfide) groups is 1. The first-order chi connectivity index (χ1) is 11.8. The van der Waals surface area contributed by atoms with E-state index >= 15 is 0 Å². The molecule has 24 heavy (non-hydrogen) atoms. The minimum Gasteiger partial charge on any atom is -0.338 e. The summed E-state index contributed by atoms with van der Waals surface area (Å²) in [6.45, 7) is 0. The molecule has 0 N–H and O–H groups in total. The van der Waals surface area contributed by atoms with Gasteiger partial charge >= 0.3 is 0 Å². The predicted octanol–water partition coefficient (Wildman–Crippen LogP) is 5.04. The number of halogens is 1. The monoisotopic (exact) mass is 418 g/mol. The lowest BCUT2D eigenvalue weighted by Crippen LogP contribution is -1.95. The number of nitrogens with zero attached hydrogens (tertiary/aromatic N) is 4. The Morgan fingerprint density at radius 3 is 2.88 bits per heavy atom. The van der Waals surface area contributed by atoms with Crippen LogP contribution < -0.4 is 0 Å². The summed E-state index contributed by atoms with van der Waals surface area (Å²) < 4.78 is 8.41. The quantitative estimate of drug-likeness (QED) is 0.425. The van der Waals surface area contributed by atoms with Crippen molar-refractivity contribution in [3.05, 3.63) is 64.5 Å². The maximum Gasteiger partial charge on any atom is 0.237 e. The Labute approximate surface area is 154 Å². The van der Waals surface area contributed by atoms with Crippen LogP contribution in [0, 0.1) is 0 Å². The largest absolute Gasteiger partial charge is 0.338 e. The first kappa shape index (κ1) is 15.6. The molecule has 3 aromatic heterocycles. The topological polar surface area (TPSA) is 56.7 Å². The van der Waals surface area contributed by atoms with E-state index in [0.29, 0.717) is 17.5 Å². The second-order valence-electron chi connectivity index (χ2n) is 4.83. The number of aromatic nitrogens is 4. The molecule has 0 saturated heterocycles. The first-order valence-electron chi connectivity index (χ1n) is 7.08. The van der Waals surface area contributed by atoms with Crippen LogP contribution in [-0.2, 0) is 5.75 Å². The lowest BCUT2D eigenvalue weighted by molar-refractivity contribution is 0.391. The number of benzene rings is 1. The summed E-state index contributed by atoms with van der Waals surface area (Å²) in [6, 6.07) is 12.0. The van der Waals surface area contributed by atoms with Gasteiger partial charge in [-0.25, -0.2) is 4.98 Å². The van der Waals surface area contributed by atoms with Gasteiger partial charge in [-0.15, -0.1) is 11.3 Å². The van der Waals surface area contributed by atoms with E-state index in [2.05, 4.69) is 31.1 Å². The molecule has 0 fully saturated rings. The molecule has 3 heterocycles. The highest BCUT2D eigenvalue weighted by Gasteiger charge is 2.12. The van der Waals surface area contributed by atoms with Crippen LogP contribution in [0.2, 0.25) is 0 Å². The third-order valence-corrected chi connectivity index (χ3v) is 5.59. The Kier molecular flexibility index (Phi) is 4.50. The Morgan fingerprint density at radius 2 is 2.08 bits per heavy atom. The van der Waals surface area contributed by atoms with Crippen molar-refractivity contribution >= 4 is 39.0 Å². The lowest BCUT2D eigenvalue weighted by Gasteiger charge is -2.06. The zero-order chi connectivity index (χ0) is 16.4. The fourth-order valence-corrected chi connectivity index (χ4v) is 3.86. The van der Waals surface area contributed by atoms with Crippen LogP contribution in [0.3, 0.4) is 0 Å². The Hall–Kier alpha value is -1.90. The van der Waals surface area contributed by atoms with Gasteiger partial charge in [0.05, 0.1) is 10.6 Å². The highest BCUT2D eigenvalue weighted by molar-refractivity contribution is 9.10. The number of imidazole rings is 1. The van der Waals surface area contributed by atoms with Gasteiger partial charge in [-0.05, 0) is 35.7 Å². The van der Waals surface area contributed by atoms with E-state index in [9.17, 15) is 0 Å². The summed E-state index contributed by atoms with van der Waals surface area (Å²) in [5.74, 6) is 1.80. The molecule has 1 aromatic carbocycles. The lowest BCUT2D eigenvalue weighted by atomic mass is 10.3. The smallest absolute Gasteiger partial charge is 0.237 e. The average molecular weight is 419 g/mol. The maximum atomic E-state index is 5.33. The van der Waals surface area contributed by atoms with Crippen LogP contribution in [0.25, 0.3) is 16.4 Å². The number of thiophene rings is 1. The zero-order valence-electron chi connectivity index (χ0n) is 12.3. The van der Waals surface area contributed by atoms with Crippen molar-refractivity contribution in [1.82, 2.24) is 19.7 Å². The van der Waals surface area contributed by atoms with E-state index in [1.807, 2.05) is 52.5 Å². The molecule has 0 bridgehead atoms. The molecule has 0 aliphatic carbocycles. The molecular formula is C16H11BrN4OS2. The van der Waals surface area contributed by atoms with E-state index in [1.54, 1.807) is 29.3 Å².